The Morgan fingerprint density at radius 3 is 3.17 bits per heavy atom. The van der Waals surface area contributed by atoms with Gasteiger partial charge in [0.2, 0.25) is 0 Å². The minimum Gasteiger partial charge on any atom is -0.298 e. The Balaban J connectivity index is 2.90. The zero-order chi connectivity index (χ0) is 8.55. The third-order valence-corrected chi connectivity index (χ3v) is 1.78. The first-order valence-corrected chi connectivity index (χ1v) is 3.65. The molecule has 0 spiro atoms. The molecule has 0 aliphatic heterocycles. The molecule has 0 unspecified atom stereocenters. The first-order chi connectivity index (χ1) is 5.83. The van der Waals surface area contributed by atoms with E-state index < -0.39 is 0 Å². The second kappa shape index (κ2) is 2.57. The molecule has 60 valence electrons. The van der Waals surface area contributed by atoms with Crippen molar-refractivity contribution in [2.75, 3.05) is 0 Å². The molecular formula is C7H4ClN3O. The van der Waals surface area contributed by atoms with E-state index in [1.807, 2.05) is 0 Å². The normalized spacial score (nSPS) is 10.4. The summed E-state index contributed by atoms with van der Waals surface area (Å²) in [6.45, 7) is 0. The van der Waals surface area contributed by atoms with E-state index in [0.717, 1.165) is 0 Å². The Bertz CT molecular complexity index is 437. The van der Waals surface area contributed by atoms with Gasteiger partial charge in [-0.05, 0) is 6.07 Å². The van der Waals surface area contributed by atoms with Gasteiger partial charge in [-0.15, -0.1) is 0 Å². The summed E-state index contributed by atoms with van der Waals surface area (Å²) in [6.07, 6.45) is 3.92. The molecule has 5 heteroatoms. The summed E-state index contributed by atoms with van der Waals surface area (Å²) in [6, 6.07) is 1.71. The number of aromatic nitrogens is 3. The fourth-order valence-corrected chi connectivity index (χ4v) is 1.19. The lowest BCUT2D eigenvalue weighted by molar-refractivity contribution is 0.112. The van der Waals surface area contributed by atoms with Crippen molar-refractivity contribution >= 4 is 23.5 Å². The first-order valence-electron chi connectivity index (χ1n) is 3.27. The molecule has 0 aliphatic rings. The van der Waals surface area contributed by atoms with Crippen LogP contribution in [0, 0.1) is 0 Å². The number of hydrogen-bond acceptors (Lipinski definition) is 3. The van der Waals surface area contributed by atoms with Crippen LogP contribution >= 0.6 is 11.6 Å². The standard InChI is InChI=1S/C7H4ClN3O/c8-6-5(4-12)7-9-2-1-3-11(7)10-6/h1-4H. The van der Waals surface area contributed by atoms with Gasteiger partial charge >= 0.3 is 0 Å². The van der Waals surface area contributed by atoms with Gasteiger partial charge in [-0.3, -0.25) is 4.79 Å². The maximum absolute atomic E-state index is 10.5. The quantitative estimate of drug-likeness (QED) is 0.621. The smallest absolute Gasteiger partial charge is 0.167 e. The van der Waals surface area contributed by atoms with Crippen LogP contribution in [-0.4, -0.2) is 20.9 Å². The molecule has 4 nitrogen and oxygen atoms in total. The summed E-state index contributed by atoms with van der Waals surface area (Å²) in [5.41, 5.74) is 0.815. The Labute approximate surface area is 72.8 Å². The van der Waals surface area contributed by atoms with E-state index >= 15 is 0 Å². The molecule has 0 radical (unpaired) electrons. The Kier molecular flexibility index (Phi) is 1.55. The van der Waals surface area contributed by atoms with Crippen LogP contribution in [-0.2, 0) is 0 Å². The monoisotopic (exact) mass is 181 g/mol. The lowest BCUT2D eigenvalue weighted by Crippen LogP contribution is -1.88. The maximum Gasteiger partial charge on any atom is 0.167 e. The zero-order valence-corrected chi connectivity index (χ0v) is 6.69. The van der Waals surface area contributed by atoms with Crippen molar-refractivity contribution in [2.24, 2.45) is 0 Å². The SMILES string of the molecule is O=Cc1c(Cl)nn2cccnc12. The van der Waals surface area contributed by atoms with Crippen molar-refractivity contribution < 1.29 is 4.79 Å². The highest BCUT2D eigenvalue weighted by atomic mass is 35.5. The average molecular weight is 182 g/mol. The van der Waals surface area contributed by atoms with E-state index in [1.54, 1.807) is 18.5 Å². The second-order valence-electron chi connectivity index (χ2n) is 2.21. The molecule has 0 aliphatic carbocycles. The van der Waals surface area contributed by atoms with E-state index in [-0.39, 0.29) is 5.15 Å². The molecule has 12 heavy (non-hydrogen) atoms. The number of aldehydes is 1. The van der Waals surface area contributed by atoms with Crippen molar-refractivity contribution in [3.8, 4) is 0 Å². The first kappa shape index (κ1) is 7.24. The molecule has 0 atom stereocenters. The van der Waals surface area contributed by atoms with Crippen LogP contribution in [0.15, 0.2) is 18.5 Å². The van der Waals surface area contributed by atoms with Gasteiger partial charge < -0.3 is 0 Å². The highest BCUT2D eigenvalue weighted by Crippen LogP contribution is 2.15. The molecule has 2 aromatic rings. The Morgan fingerprint density at radius 2 is 2.42 bits per heavy atom. The second-order valence-corrected chi connectivity index (χ2v) is 2.57. The predicted molar refractivity (Wildman–Crippen MR) is 43.4 cm³/mol. The van der Waals surface area contributed by atoms with Gasteiger partial charge in [-0.1, -0.05) is 11.6 Å². The maximum atomic E-state index is 10.5. The number of hydrogen-bond donors (Lipinski definition) is 0. The largest absolute Gasteiger partial charge is 0.298 e. The molecule has 0 saturated carbocycles. The van der Waals surface area contributed by atoms with Crippen LogP contribution in [0.2, 0.25) is 5.15 Å². The highest BCUT2D eigenvalue weighted by Gasteiger charge is 2.09. The zero-order valence-electron chi connectivity index (χ0n) is 5.94. The third kappa shape index (κ3) is 0.887. The fraction of sp³-hybridized carbons (Fsp3) is 0. The number of fused-ring (bicyclic) bond motifs is 1. The predicted octanol–water partition coefficient (Wildman–Crippen LogP) is 1.20. The van der Waals surface area contributed by atoms with E-state index in [0.29, 0.717) is 17.5 Å². The van der Waals surface area contributed by atoms with Crippen LogP contribution in [0.3, 0.4) is 0 Å². The molecule has 0 N–H and O–H groups in total. The van der Waals surface area contributed by atoms with Crippen molar-refractivity contribution in [3.05, 3.63) is 29.2 Å². The topological polar surface area (TPSA) is 47.3 Å². The van der Waals surface area contributed by atoms with E-state index in [9.17, 15) is 4.79 Å². The molecule has 0 amide bonds. The fourth-order valence-electron chi connectivity index (χ4n) is 0.979. The minimum absolute atomic E-state index is 0.184. The van der Waals surface area contributed by atoms with Gasteiger partial charge in [-0.25, -0.2) is 9.50 Å². The molecule has 0 bridgehead atoms. The summed E-state index contributed by atoms with van der Waals surface area (Å²) < 4.78 is 1.46. The number of halogens is 1. The van der Waals surface area contributed by atoms with Gasteiger partial charge in [-0.2, -0.15) is 5.10 Å². The number of carbonyl (C=O) groups excluding carboxylic acids is 1. The summed E-state index contributed by atoms with van der Waals surface area (Å²) >= 11 is 5.66. The number of carbonyl (C=O) groups is 1. The van der Waals surface area contributed by atoms with Crippen LogP contribution < -0.4 is 0 Å². The lowest BCUT2D eigenvalue weighted by Gasteiger charge is -1.87. The molecule has 0 fully saturated rings. The minimum atomic E-state index is 0.184. The Morgan fingerprint density at radius 1 is 1.58 bits per heavy atom. The van der Waals surface area contributed by atoms with Crippen LogP contribution in [0.4, 0.5) is 0 Å². The summed E-state index contributed by atoms with van der Waals surface area (Å²) in [4.78, 5) is 14.5. The van der Waals surface area contributed by atoms with Crippen LogP contribution in [0.1, 0.15) is 10.4 Å². The summed E-state index contributed by atoms with van der Waals surface area (Å²) in [7, 11) is 0. The molecule has 0 saturated heterocycles. The molecule has 2 aromatic heterocycles. The van der Waals surface area contributed by atoms with Crippen molar-refractivity contribution in [2.45, 2.75) is 0 Å². The van der Waals surface area contributed by atoms with E-state index in [4.69, 9.17) is 11.6 Å². The van der Waals surface area contributed by atoms with Crippen molar-refractivity contribution in [1.82, 2.24) is 14.6 Å². The summed E-state index contributed by atoms with van der Waals surface area (Å²) in [5.74, 6) is 0. The third-order valence-electron chi connectivity index (χ3n) is 1.50. The van der Waals surface area contributed by atoms with Gasteiger partial charge in [0.15, 0.2) is 17.1 Å². The van der Waals surface area contributed by atoms with Gasteiger partial charge in [0.1, 0.15) is 0 Å². The van der Waals surface area contributed by atoms with Gasteiger partial charge in [0.25, 0.3) is 0 Å². The van der Waals surface area contributed by atoms with Crippen LogP contribution in [0.25, 0.3) is 5.65 Å². The van der Waals surface area contributed by atoms with E-state index in [1.165, 1.54) is 4.52 Å². The lowest BCUT2D eigenvalue weighted by atomic mass is 10.4. The van der Waals surface area contributed by atoms with Gasteiger partial charge in [0, 0.05) is 12.4 Å². The van der Waals surface area contributed by atoms with E-state index in [2.05, 4.69) is 10.1 Å². The van der Waals surface area contributed by atoms with Crippen molar-refractivity contribution in [3.63, 3.8) is 0 Å². The highest BCUT2D eigenvalue weighted by molar-refractivity contribution is 6.32. The van der Waals surface area contributed by atoms with Crippen molar-refractivity contribution in [1.29, 1.82) is 0 Å². The van der Waals surface area contributed by atoms with Crippen LogP contribution in [0.5, 0.6) is 0 Å². The number of nitrogens with zero attached hydrogens (tertiary/aromatic N) is 3. The molecular weight excluding hydrogens is 178 g/mol. The summed E-state index contributed by atoms with van der Waals surface area (Å²) in [5, 5.41) is 4.06. The average Bonchev–Trinajstić information content (AvgIpc) is 2.40. The molecule has 2 heterocycles. The number of rotatable bonds is 1. The van der Waals surface area contributed by atoms with Gasteiger partial charge in [0.05, 0.1) is 5.56 Å². The molecule has 0 aromatic carbocycles. The Hall–Kier alpha value is -1.42. The molecule has 2 rings (SSSR count).